The number of ether oxygens (including phenoxy) is 1. The van der Waals surface area contributed by atoms with Gasteiger partial charge in [0, 0.05) is 37.3 Å². The lowest BCUT2D eigenvalue weighted by Crippen LogP contribution is -2.48. The van der Waals surface area contributed by atoms with E-state index >= 15 is 0 Å². The summed E-state index contributed by atoms with van der Waals surface area (Å²) in [5.41, 5.74) is 2.33. The molecule has 6 nitrogen and oxygen atoms in total. The predicted octanol–water partition coefficient (Wildman–Crippen LogP) is 2.13. The first-order chi connectivity index (χ1) is 12.3. The van der Waals surface area contributed by atoms with Gasteiger partial charge in [0.05, 0.1) is 18.8 Å². The lowest BCUT2D eigenvalue weighted by atomic mass is 10.1. The summed E-state index contributed by atoms with van der Waals surface area (Å²) < 4.78 is 5.82. The van der Waals surface area contributed by atoms with Crippen molar-refractivity contribution >= 4 is 17.5 Å². The van der Waals surface area contributed by atoms with Gasteiger partial charge in [-0.2, -0.15) is 0 Å². The highest BCUT2D eigenvalue weighted by Gasteiger charge is 2.40. The summed E-state index contributed by atoms with van der Waals surface area (Å²) in [6, 6.07) is 5.77. The Morgan fingerprint density at radius 2 is 2.08 bits per heavy atom. The molecule has 3 rings (SSSR count). The first kappa shape index (κ1) is 18.9. The Kier molecular flexibility index (Phi) is 5.63. The van der Waals surface area contributed by atoms with Crippen LogP contribution in [0.4, 0.5) is 5.69 Å². The Morgan fingerprint density at radius 3 is 2.73 bits per heavy atom. The van der Waals surface area contributed by atoms with Crippen LogP contribution in [-0.2, 0) is 9.53 Å². The van der Waals surface area contributed by atoms with E-state index in [1.54, 1.807) is 6.07 Å². The number of likely N-dealkylation sites (tertiary alicyclic amines) is 1. The zero-order valence-corrected chi connectivity index (χ0v) is 16.1. The molecule has 0 radical (unpaired) electrons. The van der Waals surface area contributed by atoms with Gasteiger partial charge < -0.3 is 15.0 Å². The van der Waals surface area contributed by atoms with E-state index in [4.69, 9.17) is 4.74 Å². The number of nitrogens with zero attached hydrogens (tertiary/aromatic N) is 2. The lowest BCUT2D eigenvalue weighted by Gasteiger charge is -2.33. The van der Waals surface area contributed by atoms with E-state index in [-0.39, 0.29) is 24.0 Å². The number of hydrogen-bond acceptors (Lipinski definition) is 4. The van der Waals surface area contributed by atoms with Gasteiger partial charge in [-0.1, -0.05) is 13.8 Å². The molecule has 142 valence electrons. The molecule has 0 saturated carbocycles. The van der Waals surface area contributed by atoms with Gasteiger partial charge in [0.25, 0.3) is 5.91 Å². The van der Waals surface area contributed by atoms with Gasteiger partial charge in [0.1, 0.15) is 0 Å². The van der Waals surface area contributed by atoms with E-state index in [2.05, 4.69) is 17.3 Å². The highest BCUT2D eigenvalue weighted by atomic mass is 16.5. The fourth-order valence-electron chi connectivity index (χ4n) is 3.72. The molecular formula is C20H29N3O3. The second-order valence-corrected chi connectivity index (χ2v) is 7.84. The minimum absolute atomic E-state index is 0.00554. The molecule has 6 heteroatoms. The van der Waals surface area contributed by atoms with E-state index in [9.17, 15) is 9.59 Å². The molecule has 2 aliphatic rings. The number of nitrogens with one attached hydrogen (secondary N) is 1. The number of likely N-dealkylation sites (N-methyl/N-ethyl adjacent to an activating group) is 1. The number of amides is 2. The molecule has 2 atom stereocenters. The van der Waals surface area contributed by atoms with Gasteiger partial charge in [-0.05, 0) is 43.7 Å². The van der Waals surface area contributed by atoms with Crippen molar-refractivity contribution in [1.29, 1.82) is 0 Å². The Hall–Kier alpha value is -1.92. The van der Waals surface area contributed by atoms with Gasteiger partial charge in [-0.25, -0.2) is 0 Å². The van der Waals surface area contributed by atoms with E-state index < -0.39 is 0 Å². The molecule has 0 aromatic heterocycles. The number of carbonyl (C=O) groups excluding carboxylic acids is 2. The van der Waals surface area contributed by atoms with Crippen molar-refractivity contribution in [3.63, 3.8) is 0 Å². The molecule has 0 bridgehead atoms. The van der Waals surface area contributed by atoms with Gasteiger partial charge in [-0.3, -0.25) is 14.5 Å². The normalized spacial score (nSPS) is 23.2. The number of benzene rings is 1. The van der Waals surface area contributed by atoms with Crippen LogP contribution in [0.5, 0.6) is 0 Å². The average Bonchev–Trinajstić information content (AvgIpc) is 3.01. The van der Waals surface area contributed by atoms with E-state index in [0.29, 0.717) is 31.0 Å². The SMILES string of the molecule is Cc1cc(C(=O)N2C[C@H]3OCCN(C)[C@H]3C2)ccc1NC(=O)CC(C)C. The van der Waals surface area contributed by atoms with E-state index in [1.165, 1.54) is 0 Å². The monoisotopic (exact) mass is 359 g/mol. The third-order valence-electron chi connectivity index (χ3n) is 5.21. The summed E-state index contributed by atoms with van der Waals surface area (Å²) >= 11 is 0. The Labute approximate surface area is 155 Å². The number of carbonyl (C=O) groups is 2. The van der Waals surface area contributed by atoms with Crippen LogP contribution in [0, 0.1) is 12.8 Å². The van der Waals surface area contributed by atoms with Gasteiger partial charge >= 0.3 is 0 Å². The topological polar surface area (TPSA) is 61.9 Å². The first-order valence-corrected chi connectivity index (χ1v) is 9.36. The molecule has 2 saturated heterocycles. The molecule has 2 fully saturated rings. The smallest absolute Gasteiger partial charge is 0.254 e. The molecule has 2 aliphatic heterocycles. The maximum Gasteiger partial charge on any atom is 0.254 e. The fraction of sp³-hybridized carbons (Fsp3) is 0.600. The molecule has 2 amide bonds. The van der Waals surface area contributed by atoms with Crippen LogP contribution in [-0.4, -0.2) is 67.0 Å². The highest BCUT2D eigenvalue weighted by Crippen LogP contribution is 2.24. The van der Waals surface area contributed by atoms with Crippen LogP contribution in [0.3, 0.4) is 0 Å². The number of fused-ring (bicyclic) bond motifs is 1. The molecule has 2 heterocycles. The first-order valence-electron chi connectivity index (χ1n) is 9.36. The third-order valence-corrected chi connectivity index (χ3v) is 5.21. The number of rotatable bonds is 4. The second-order valence-electron chi connectivity index (χ2n) is 7.84. The van der Waals surface area contributed by atoms with Crippen LogP contribution in [0.1, 0.15) is 36.2 Å². The van der Waals surface area contributed by atoms with Crippen LogP contribution < -0.4 is 5.32 Å². The fourth-order valence-corrected chi connectivity index (χ4v) is 3.72. The van der Waals surface area contributed by atoms with E-state index in [1.807, 2.05) is 37.8 Å². The zero-order chi connectivity index (χ0) is 18.8. The number of morpholine rings is 1. The molecule has 1 aromatic rings. The van der Waals surface area contributed by atoms with Crippen LogP contribution in [0.25, 0.3) is 0 Å². The summed E-state index contributed by atoms with van der Waals surface area (Å²) in [6.07, 6.45) is 0.595. The van der Waals surface area contributed by atoms with Gasteiger partial charge in [0.2, 0.25) is 5.91 Å². The molecule has 1 N–H and O–H groups in total. The quantitative estimate of drug-likeness (QED) is 0.895. The van der Waals surface area contributed by atoms with Crippen LogP contribution >= 0.6 is 0 Å². The summed E-state index contributed by atoms with van der Waals surface area (Å²) in [5, 5.41) is 2.93. The molecule has 26 heavy (non-hydrogen) atoms. The van der Waals surface area contributed by atoms with Crippen molar-refractivity contribution in [3.05, 3.63) is 29.3 Å². The van der Waals surface area contributed by atoms with Gasteiger partial charge in [0.15, 0.2) is 0 Å². The van der Waals surface area contributed by atoms with E-state index in [0.717, 1.165) is 24.4 Å². The number of anilines is 1. The summed E-state index contributed by atoms with van der Waals surface area (Å²) in [4.78, 5) is 29.0. The lowest BCUT2D eigenvalue weighted by molar-refractivity contribution is -0.116. The molecule has 0 aliphatic carbocycles. The van der Waals surface area contributed by atoms with Crippen molar-refractivity contribution in [3.8, 4) is 0 Å². The second kappa shape index (κ2) is 7.76. The molecule has 1 aromatic carbocycles. The van der Waals surface area contributed by atoms with Crippen molar-refractivity contribution in [2.45, 2.75) is 39.3 Å². The molecule has 0 unspecified atom stereocenters. The standard InChI is InChI=1S/C20H29N3O3/c1-13(2)9-19(24)21-16-6-5-15(10-14(16)3)20(25)23-11-17-18(12-23)26-8-7-22(17)4/h5-6,10,13,17-18H,7-9,11-12H2,1-4H3,(H,21,24)/t17-,18+/m0/s1. The van der Waals surface area contributed by atoms with Crippen LogP contribution in [0.15, 0.2) is 18.2 Å². The predicted molar refractivity (Wildman–Crippen MR) is 101 cm³/mol. The van der Waals surface area contributed by atoms with Crippen LogP contribution in [0.2, 0.25) is 0 Å². The van der Waals surface area contributed by atoms with Crippen molar-refractivity contribution < 1.29 is 14.3 Å². The third kappa shape index (κ3) is 4.07. The maximum absolute atomic E-state index is 12.9. The largest absolute Gasteiger partial charge is 0.373 e. The summed E-state index contributed by atoms with van der Waals surface area (Å²) in [7, 11) is 2.09. The number of hydrogen-bond donors (Lipinski definition) is 1. The Morgan fingerprint density at radius 1 is 1.31 bits per heavy atom. The Balaban J connectivity index is 1.67. The Bertz CT molecular complexity index is 689. The number of aryl methyl sites for hydroxylation is 1. The van der Waals surface area contributed by atoms with Crippen molar-refractivity contribution in [2.75, 3.05) is 38.6 Å². The zero-order valence-electron chi connectivity index (χ0n) is 16.1. The van der Waals surface area contributed by atoms with Gasteiger partial charge in [-0.15, -0.1) is 0 Å². The minimum atomic E-state index is 0.00554. The maximum atomic E-state index is 12.9. The average molecular weight is 359 g/mol. The summed E-state index contributed by atoms with van der Waals surface area (Å²) in [5.74, 6) is 0.348. The van der Waals surface area contributed by atoms with Crippen molar-refractivity contribution in [1.82, 2.24) is 9.80 Å². The highest BCUT2D eigenvalue weighted by molar-refractivity contribution is 5.96. The van der Waals surface area contributed by atoms with Crippen molar-refractivity contribution in [2.24, 2.45) is 5.92 Å². The summed E-state index contributed by atoms with van der Waals surface area (Å²) in [6.45, 7) is 8.93. The minimum Gasteiger partial charge on any atom is -0.373 e. The molecular weight excluding hydrogens is 330 g/mol. The molecule has 0 spiro atoms.